The summed E-state index contributed by atoms with van der Waals surface area (Å²) in [4.78, 5) is 10.7. The van der Waals surface area contributed by atoms with Crippen LogP contribution < -0.4 is 0 Å². The van der Waals surface area contributed by atoms with Gasteiger partial charge in [0.2, 0.25) is 0 Å². The molecular weight excluding hydrogens is 440 g/mol. The maximum atomic E-state index is 10.7. The first-order chi connectivity index (χ1) is 7.83. The van der Waals surface area contributed by atoms with Crippen molar-refractivity contribution >= 4 is 6.29 Å². The second-order valence-corrected chi connectivity index (χ2v) is 3.94. The molecule has 0 unspecified atom stereocenters. The van der Waals surface area contributed by atoms with Gasteiger partial charge in [0.25, 0.3) is 0 Å². The molecule has 1 fully saturated rings. The monoisotopic (exact) mass is 459 g/mol. The van der Waals surface area contributed by atoms with Crippen LogP contribution in [0.2, 0.25) is 0 Å². The Morgan fingerprint density at radius 3 is 2.41 bits per heavy atom. The number of hydrogen-bond acceptors (Lipinski definition) is 3. The van der Waals surface area contributed by atoms with Gasteiger partial charge in [-0.25, -0.2) is 0 Å². The van der Waals surface area contributed by atoms with E-state index in [0.29, 0.717) is 17.2 Å². The van der Waals surface area contributed by atoms with E-state index < -0.39 is 0 Å². The zero-order chi connectivity index (χ0) is 12.0. The van der Waals surface area contributed by atoms with Gasteiger partial charge in [0.1, 0.15) is 0 Å². The van der Waals surface area contributed by atoms with Crippen molar-refractivity contribution in [1.82, 2.24) is 5.16 Å². The molecule has 0 atom stereocenters. The summed E-state index contributed by atoms with van der Waals surface area (Å²) in [5.74, 6) is 1.15. The van der Waals surface area contributed by atoms with Crippen LogP contribution in [0.15, 0.2) is 4.52 Å². The van der Waals surface area contributed by atoms with Crippen LogP contribution in [0.25, 0.3) is 0 Å². The minimum atomic E-state index is 0. The zero-order valence-corrected chi connectivity index (χ0v) is 14.7. The van der Waals surface area contributed by atoms with Crippen LogP contribution in [0, 0.1) is 45.0 Å². The number of nitrogens with zero attached hydrogens (tertiary/aromatic N) is 1. The minimum Gasteiger partial charge on any atom is -0.434 e. The summed E-state index contributed by atoms with van der Waals surface area (Å²) in [7, 11) is 0. The second kappa shape index (κ2) is 8.94. The quantitative estimate of drug-likeness (QED) is 0.638. The first-order valence-electron chi connectivity index (χ1n) is 5.88. The molecule has 1 aliphatic carbocycles. The third-order valence-corrected chi connectivity index (χ3v) is 2.97. The molecule has 0 aliphatic heterocycles. The first-order valence-corrected chi connectivity index (χ1v) is 5.88. The Morgan fingerprint density at radius 1 is 1.29 bits per heavy atom. The van der Waals surface area contributed by atoms with Gasteiger partial charge in [-0.3, -0.25) is 0 Å². The molecule has 0 N–H and O–H groups in total. The van der Waals surface area contributed by atoms with E-state index in [1.807, 2.05) is 6.29 Å². The van der Waals surface area contributed by atoms with Crippen LogP contribution in [0.4, 0.5) is 0 Å². The number of aryl methyl sites for hydroxylation is 1. The first kappa shape index (κ1) is 16.9. The predicted molar refractivity (Wildman–Crippen MR) is 62.9 cm³/mol. The standard InChI is InChI=1S/C11H14NO2.C2H5.U/c1-8-10(7-13)11(14-12-8)9-5-3-2-4-6-9;1-2;/h9H,2-6H2,1H3;1H2,2H3;/q2*-1;+2. The normalized spacial score (nSPS) is 15.5. The van der Waals surface area contributed by atoms with Crippen molar-refractivity contribution < 1.29 is 40.4 Å². The van der Waals surface area contributed by atoms with E-state index >= 15 is 0 Å². The molecule has 0 amide bonds. The minimum absolute atomic E-state index is 0. The van der Waals surface area contributed by atoms with Crippen LogP contribution in [-0.4, -0.2) is 11.4 Å². The molecule has 1 aromatic rings. The number of carbonyl (C=O) groups excluding carboxylic acids is 1. The Morgan fingerprint density at radius 2 is 1.88 bits per heavy atom. The Kier molecular flexibility index (Phi) is 8.91. The van der Waals surface area contributed by atoms with Gasteiger partial charge in [-0.05, 0) is 11.6 Å². The van der Waals surface area contributed by atoms with Crippen molar-refractivity contribution in [3.05, 3.63) is 23.9 Å². The van der Waals surface area contributed by atoms with Crippen molar-refractivity contribution in [1.29, 1.82) is 0 Å². The van der Waals surface area contributed by atoms with Crippen LogP contribution in [-0.2, 0) is 4.79 Å². The van der Waals surface area contributed by atoms with Gasteiger partial charge < -0.3 is 16.2 Å². The fourth-order valence-corrected chi connectivity index (χ4v) is 2.15. The third-order valence-electron chi connectivity index (χ3n) is 2.97. The Bertz CT molecular complexity index is 330. The van der Waals surface area contributed by atoms with Crippen LogP contribution >= 0.6 is 0 Å². The molecule has 92 valence electrons. The van der Waals surface area contributed by atoms with Crippen molar-refractivity contribution in [2.45, 2.75) is 51.9 Å². The molecule has 4 heteroatoms. The summed E-state index contributed by atoms with van der Waals surface area (Å²) in [6.45, 7) is 6.79. The second-order valence-electron chi connectivity index (χ2n) is 3.94. The van der Waals surface area contributed by atoms with E-state index in [4.69, 9.17) is 4.52 Å². The van der Waals surface area contributed by atoms with Gasteiger partial charge in [0.15, 0.2) is 0 Å². The van der Waals surface area contributed by atoms with E-state index in [0.717, 1.165) is 18.6 Å². The average molecular weight is 459 g/mol. The molecule has 1 heterocycles. The molecule has 2 rings (SSSR count). The number of rotatable bonds is 2. The summed E-state index contributed by atoms with van der Waals surface area (Å²) in [6.07, 6.45) is 7.91. The molecule has 1 aliphatic rings. The van der Waals surface area contributed by atoms with Gasteiger partial charge >= 0.3 is 31.1 Å². The number of hydrogen-bond donors (Lipinski definition) is 0. The summed E-state index contributed by atoms with van der Waals surface area (Å²) in [5, 5.41) is 3.83. The van der Waals surface area contributed by atoms with E-state index in [9.17, 15) is 4.79 Å². The van der Waals surface area contributed by atoms with Gasteiger partial charge in [0.05, 0.1) is 6.29 Å². The van der Waals surface area contributed by atoms with Gasteiger partial charge in [-0.15, -0.1) is 0 Å². The zero-order valence-electron chi connectivity index (χ0n) is 10.6. The summed E-state index contributed by atoms with van der Waals surface area (Å²) in [5.41, 5.74) is 1.22. The maximum absolute atomic E-state index is 10.7. The van der Waals surface area contributed by atoms with Crippen molar-refractivity contribution in [2.75, 3.05) is 0 Å². The van der Waals surface area contributed by atoms with Crippen molar-refractivity contribution in [2.24, 2.45) is 0 Å². The average Bonchev–Trinajstić information content (AvgIpc) is 2.74. The number of aromatic nitrogens is 1. The maximum Gasteiger partial charge on any atom is 2.00 e. The molecule has 17 heavy (non-hydrogen) atoms. The van der Waals surface area contributed by atoms with Crippen molar-refractivity contribution in [3.63, 3.8) is 0 Å². The van der Waals surface area contributed by atoms with Crippen LogP contribution in [0.1, 0.15) is 62.0 Å². The smallest absolute Gasteiger partial charge is 0.434 e. The molecule has 0 radical (unpaired) electrons. The van der Waals surface area contributed by atoms with E-state index in [1.165, 1.54) is 19.3 Å². The van der Waals surface area contributed by atoms with E-state index in [-0.39, 0.29) is 31.1 Å². The molecule has 0 saturated heterocycles. The van der Waals surface area contributed by atoms with E-state index in [1.54, 1.807) is 13.8 Å². The van der Waals surface area contributed by atoms with E-state index in [2.05, 4.69) is 12.1 Å². The van der Waals surface area contributed by atoms with Gasteiger partial charge in [0, 0.05) is 5.76 Å². The summed E-state index contributed by atoms with van der Waals surface area (Å²) < 4.78 is 5.21. The molecule has 0 bridgehead atoms. The van der Waals surface area contributed by atoms with Gasteiger partial charge in [-0.1, -0.05) is 44.6 Å². The fraction of sp³-hybridized carbons (Fsp3) is 0.615. The molecule has 1 aromatic heterocycles. The summed E-state index contributed by atoms with van der Waals surface area (Å²) >= 11 is 0. The van der Waals surface area contributed by atoms with Gasteiger partial charge in [-0.2, -0.15) is 12.1 Å². The predicted octanol–water partition coefficient (Wildman–Crippen LogP) is 3.33. The fourth-order valence-electron chi connectivity index (χ4n) is 2.15. The molecule has 1 saturated carbocycles. The van der Waals surface area contributed by atoms with Crippen LogP contribution in [0.3, 0.4) is 0 Å². The van der Waals surface area contributed by atoms with Crippen molar-refractivity contribution in [3.8, 4) is 0 Å². The molecule has 0 spiro atoms. The largest absolute Gasteiger partial charge is 2.00 e. The molecule has 0 aromatic carbocycles. The topological polar surface area (TPSA) is 43.1 Å². The third kappa shape index (κ3) is 4.26. The SMILES string of the molecule is Cc1noc(C2CCCCC2)c1[C-]=O.[CH2-]C.[U+2]. The Labute approximate surface area is 127 Å². The summed E-state index contributed by atoms with van der Waals surface area (Å²) in [6, 6.07) is 0. The van der Waals surface area contributed by atoms with Crippen LogP contribution in [0.5, 0.6) is 0 Å². The Hall–Kier alpha value is -0.0681. The Balaban J connectivity index is 0.000000811. The molecule has 3 nitrogen and oxygen atoms in total. The molecular formula is C13H19NO2U.